The highest BCUT2D eigenvalue weighted by molar-refractivity contribution is 5.85. The third-order valence-electron chi connectivity index (χ3n) is 6.34. The Morgan fingerprint density at radius 1 is 0.828 bits per heavy atom. The van der Waals surface area contributed by atoms with Crippen molar-refractivity contribution in [1.82, 2.24) is 4.90 Å². The van der Waals surface area contributed by atoms with E-state index in [-0.39, 0.29) is 18.0 Å². The molecule has 0 N–H and O–H groups in total. The Kier molecular flexibility index (Phi) is 6.48. The van der Waals surface area contributed by atoms with Crippen LogP contribution < -0.4 is 0 Å². The molecule has 0 bridgehead atoms. The number of aryl methyl sites for hydroxylation is 1. The Morgan fingerprint density at radius 2 is 1.38 bits per heavy atom. The fraction of sp³-hybridized carbons (Fsp3) is 0.308. The van der Waals surface area contributed by atoms with Crippen molar-refractivity contribution in [3.63, 3.8) is 0 Å². The zero-order chi connectivity index (χ0) is 19.7. The first-order valence-electron chi connectivity index (χ1n) is 10.0. The number of fused-ring (bicyclic) bond motifs is 1. The molecule has 2 nitrogen and oxygen atoms in total. The minimum atomic E-state index is -0.271. The van der Waals surface area contributed by atoms with E-state index < -0.39 is 0 Å². The molecule has 0 amide bonds. The molecular formula is C26H30ClNO. The van der Waals surface area contributed by atoms with E-state index in [4.69, 9.17) is 4.74 Å². The summed E-state index contributed by atoms with van der Waals surface area (Å²) in [4.78, 5) is 2.29. The number of rotatable bonds is 4. The largest absolute Gasteiger partial charge is 0.372 e. The van der Waals surface area contributed by atoms with E-state index in [2.05, 4.69) is 98.7 Å². The van der Waals surface area contributed by atoms with E-state index in [1.165, 1.54) is 33.4 Å². The Balaban J connectivity index is 0.00000240. The predicted molar refractivity (Wildman–Crippen MR) is 125 cm³/mol. The average molecular weight is 408 g/mol. The van der Waals surface area contributed by atoms with Gasteiger partial charge in [-0.3, -0.25) is 0 Å². The van der Waals surface area contributed by atoms with E-state index in [0.29, 0.717) is 6.04 Å². The van der Waals surface area contributed by atoms with Gasteiger partial charge < -0.3 is 9.64 Å². The summed E-state index contributed by atoms with van der Waals surface area (Å²) in [6.07, 6.45) is 2.20. The van der Waals surface area contributed by atoms with Crippen LogP contribution in [0.1, 0.15) is 24.5 Å². The van der Waals surface area contributed by atoms with Gasteiger partial charge in [-0.05, 0) is 67.2 Å². The molecule has 0 heterocycles. The third-order valence-corrected chi connectivity index (χ3v) is 6.34. The van der Waals surface area contributed by atoms with Crippen LogP contribution in [0.5, 0.6) is 0 Å². The van der Waals surface area contributed by atoms with Crippen LogP contribution in [0.2, 0.25) is 0 Å². The number of nitrogens with zero attached hydrogens (tertiary/aromatic N) is 1. The second-order valence-corrected chi connectivity index (χ2v) is 8.14. The lowest BCUT2D eigenvalue weighted by atomic mass is 9.75. The number of ether oxygens (including phenoxy) is 1. The summed E-state index contributed by atoms with van der Waals surface area (Å²) in [5, 5.41) is 0. The van der Waals surface area contributed by atoms with Crippen molar-refractivity contribution in [3.8, 4) is 22.3 Å². The van der Waals surface area contributed by atoms with Crippen molar-refractivity contribution < 1.29 is 4.74 Å². The van der Waals surface area contributed by atoms with Crippen LogP contribution in [0.4, 0.5) is 0 Å². The monoisotopic (exact) mass is 407 g/mol. The first-order valence-corrected chi connectivity index (χ1v) is 10.0. The van der Waals surface area contributed by atoms with Gasteiger partial charge in [0.05, 0.1) is 0 Å². The minimum Gasteiger partial charge on any atom is -0.372 e. The van der Waals surface area contributed by atoms with Crippen LogP contribution in [0, 0.1) is 0 Å². The summed E-state index contributed by atoms with van der Waals surface area (Å²) in [5.74, 6) is 0. The van der Waals surface area contributed by atoms with Gasteiger partial charge in [0, 0.05) is 13.2 Å². The highest BCUT2D eigenvalue weighted by Gasteiger charge is 2.41. The van der Waals surface area contributed by atoms with Crippen molar-refractivity contribution in [2.45, 2.75) is 31.4 Å². The fourth-order valence-corrected chi connectivity index (χ4v) is 4.69. The molecule has 0 fully saturated rings. The summed E-state index contributed by atoms with van der Waals surface area (Å²) in [6, 6.07) is 26.7. The molecule has 0 saturated carbocycles. The predicted octanol–water partition coefficient (Wildman–Crippen LogP) is 6.18. The Morgan fingerprint density at radius 3 is 1.97 bits per heavy atom. The summed E-state index contributed by atoms with van der Waals surface area (Å²) in [6.45, 7) is 2.23. The zero-order valence-electron chi connectivity index (χ0n) is 17.7. The lowest BCUT2D eigenvalue weighted by molar-refractivity contribution is -0.0686. The van der Waals surface area contributed by atoms with Crippen molar-refractivity contribution in [2.75, 3.05) is 21.2 Å². The number of methoxy groups -OCH3 is 1. The molecule has 29 heavy (non-hydrogen) atoms. The number of hydrogen-bond acceptors (Lipinski definition) is 2. The normalized spacial score (nSPS) is 20.8. The van der Waals surface area contributed by atoms with Crippen molar-refractivity contribution >= 4 is 12.4 Å². The molecule has 2 unspecified atom stereocenters. The fourth-order valence-electron chi connectivity index (χ4n) is 4.69. The van der Waals surface area contributed by atoms with Crippen LogP contribution in [0.15, 0.2) is 72.8 Å². The Hall–Kier alpha value is -2.13. The first-order chi connectivity index (χ1) is 13.5. The Bertz CT molecular complexity index is 952. The maximum Gasteiger partial charge on any atom is 0.106 e. The second kappa shape index (κ2) is 8.71. The molecule has 3 aromatic carbocycles. The second-order valence-electron chi connectivity index (χ2n) is 8.14. The summed E-state index contributed by atoms with van der Waals surface area (Å²) >= 11 is 0. The van der Waals surface area contributed by atoms with Gasteiger partial charge in [-0.2, -0.15) is 0 Å². The summed E-state index contributed by atoms with van der Waals surface area (Å²) < 4.78 is 6.05. The highest BCUT2D eigenvalue weighted by atomic mass is 35.5. The van der Waals surface area contributed by atoms with Crippen molar-refractivity contribution in [1.29, 1.82) is 0 Å². The molecule has 0 saturated heterocycles. The molecule has 3 heteroatoms. The molecule has 4 rings (SSSR count). The average Bonchev–Trinajstić information content (AvgIpc) is 2.74. The molecule has 0 spiro atoms. The van der Waals surface area contributed by atoms with E-state index in [1.807, 2.05) is 7.11 Å². The van der Waals surface area contributed by atoms with Gasteiger partial charge in [0.1, 0.15) is 5.60 Å². The topological polar surface area (TPSA) is 12.5 Å². The maximum absolute atomic E-state index is 6.05. The molecule has 0 aliphatic heterocycles. The molecule has 3 aromatic rings. The van der Waals surface area contributed by atoms with Gasteiger partial charge in [0.15, 0.2) is 0 Å². The molecule has 152 valence electrons. The molecule has 2 atom stereocenters. The standard InChI is InChI=1S/C26H29NO.ClH/c1-26(28-4)24-16-14-22(18-23(24)15-17-25(26)27(2)3)21-12-10-20(11-13-21)19-8-6-5-7-9-19;/h5-14,16,18,25H,15,17H2,1-4H3;1H. The van der Waals surface area contributed by atoms with E-state index in [9.17, 15) is 0 Å². The highest BCUT2D eigenvalue weighted by Crippen LogP contribution is 2.41. The van der Waals surface area contributed by atoms with Crippen LogP contribution in [-0.2, 0) is 16.8 Å². The van der Waals surface area contributed by atoms with Gasteiger partial charge in [-0.1, -0.05) is 72.8 Å². The van der Waals surface area contributed by atoms with Gasteiger partial charge in [0.2, 0.25) is 0 Å². The summed E-state index contributed by atoms with van der Waals surface area (Å²) in [5.41, 5.74) is 7.51. The quantitative estimate of drug-likeness (QED) is 0.512. The van der Waals surface area contributed by atoms with E-state index in [1.54, 1.807) is 0 Å². The van der Waals surface area contributed by atoms with E-state index >= 15 is 0 Å². The van der Waals surface area contributed by atoms with Gasteiger partial charge >= 0.3 is 0 Å². The number of hydrogen-bond donors (Lipinski definition) is 0. The number of likely N-dealkylation sites (N-methyl/N-ethyl adjacent to an activating group) is 1. The van der Waals surface area contributed by atoms with Crippen LogP contribution in [-0.4, -0.2) is 32.1 Å². The first kappa shape index (κ1) is 21.6. The zero-order valence-corrected chi connectivity index (χ0v) is 18.5. The molecule has 0 aromatic heterocycles. The van der Waals surface area contributed by atoms with Gasteiger partial charge in [-0.25, -0.2) is 0 Å². The molecule has 0 radical (unpaired) electrons. The minimum absolute atomic E-state index is 0. The van der Waals surface area contributed by atoms with Gasteiger partial charge in [-0.15, -0.1) is 12.4 Å². The molecular weight excluding hydrogens is 378 g/mol. The molecule has 1 aliphatic carbocycles. The lowest BCUT2D eigenvalue weighted by Crippen LogP contribution is -2.50. The van der Waals surface area contributed by atoms with E-state index in [0.717, 1.165) is 12.8 Å². The van der Waals surface area contributed by atoms with Crippen molar-refractivity contribution in [3.05, 3.63) is 83.9 Å². The number of benzene rings is 3. The third kappa shape index (κ3) is 3.98. The van der Waals surface area contributed by atoms with Crippen LogP contribution in [0.25, 0.3) is 22.3 Å². The van der Waals surface area contributed by atoms with Gasteiger partial charge in [0.25, 0.3) is 0 Å². The lowest BCUT2D eigenvalue weighted by Gasteiger charge is -2.45. The SMILES string of the molecule is COC1(C)c2ccc(-c3ccc(-c4ccccc4)cc3)cc2CCC1N(C)C.Cl. The number of halogens is 1. The Labute approximate surface area is 180 Å². The smallest absolute Gasteiger partial charge is 0.106 e. The maximum atomic E-state index is 6.05. The molecule has 1 aliphatic rings. The van der Waals surface area contributed by atoms with Crippen LogP contribution in [0.3, 0.4) is 0 Å². The summed E-state index contributed by atoms with van der Waals surface area (Å²) in [7, 11) is 6.13. The van der Waals surface area contributed by atoms with Crippen LogP contribution >= 0.6 is 12.4 Å². The van der Waals surface area contributed by atoms with Crippen molar-refractivity contribution in [2.24, 2.45) is 0 Å².